The minimum Gasteiger partial charge on any atom is -0.316 e. The van der Waals surface area contributed by atoms with Crippen molar-refractivity contribution >= 4 is 0 Å². The second-order valence-electron chi connectivity index (χ2n) is 5.97. The number of benzene rings is 1. The molecule has 106 valence electrons. The second-order valence-corrected chi connectivity index (χ2v) is 5.97. The number of halogens is 2. The molecule has 0 aliphatic carbocycles. The summed E-state index contributed by atoms with van der Waals surface area (Å²) in [4.78, 5) is 0. The molecule has 0 radical (unpaired) electrons. The highest BCUT2D eigenvalue weighted by Gasteiger charge is 2.32. The van der Waals surface area contributed by atoms with Gasteiger partial charge in [0.2, 0.25) is 0 Å². The van der Waals surface area contributed by atoms with Crippen molar-refractivity contribution in [1.29, 1.82) is 0 Å². The molecular formula is C16H23F2N. The Kier molecular flexibility index (Phi) is 4.56. The third-order valence-electron chi connectivity index (χ3n) is 3.74. The van der Waals surface area contributed by atoms with Gasteiger partial charge in [-0.25, -0.2) is 8.78 Å². The predicted molar refractivity (Wildman–Crippen MR) is 74.6 cm³/mol. The number of hydrogen-bond donors (Lipinski definition) is 1. The molecule has 1 saturated heterocycles. The van der Waals surface area contributed by atoms with Crippen molar-refractivity contribution in [3.05, 3.63) is 35.4 Å². The summed E-state index contributed by atoms with van der Waals surface area (Å²) in [5, 5.41) is 3.34. The fourth-order valence-electron chi connectivity index (χ4n) is 2.79. The van der Waals surface area contributed by atoms with E-state index < -0.39 is 5.92 Å². The smallest absolute Gasteiger partial charge is 0.273 e. The summed E-state index contributed by atoms with van der Waals surface area (Å²) in [6.07, 6.45) is 2.13. The van der Waals surface area contributed by atoms with Gasteiger partial charge in [0, 0.05) is 18.5 Å². The molecule has 1 N–H and O–H groups in total. The van der Waals surface area contributed by atoms with Crippen LogP contribution in [-0.2, 0) is 5.92 Å². The van der Waals surface area contributed by atoms with Crippen LogP contribution >= 0.6 is 0 Å². The Labute approximate surface area is 114 Å². The van der Waals surface area contributed by atoms with Crippen molar-refractivity contribution in [2.45, 2.75) is 45.0 Å². The van der Waals surface area contributed by atoms with Crippen LogP contribution in [0.3, 0.4) is 0 Å². The topological polar surface area (TPSA) is 12.0 Å². The van der Waals surface area contributed by atoms with E-state index in [1.807, 2.05) is 19.9 Å². The maximum atomic E-state index is 14.1. The van der Waals surface area contributed by atoms with Crippen molar-refractivity contribution < 1.29 is 8.78 Å². The molecule has 1 aromatic rings. The molecular weight excluding hydrogens is 244 g/mol. The highest BCUT2D eigenvalue weighted by Crippen LogP contribution is 2.36. The van der Waals surface area contributed by atoms with E-state index in [4.69, 9.17) is 0 Å². The van der Waals surface area contributed by atoms with Gasteiger partial charge in [0.05, 0.1) is 0 Å². The number of piperidine rings is 1. The first kappa shape index (κ1) is 14.4. The van der Waals surface area contributed by atoms with Gasteiger partial charge < -0.3 is 5.32 Å². The molecule has 1 fully saturated rings. The highest BCUT2D eigenvalue weighted by molar-refractivity contribution is 5.30. The van der Waals surface area contributed by atoms with E-state index in [1.54, 1.807) is 18.2 Å². The molecule has 1 aromatic carbocycles. The molecule has 0 aromatic heterocycles. The van der Waals surface area contributed by atoms with Gasteiger partial charge in [-0.1, -0.05) is 32.0 Å². The summed E-state index contributed by atoms with van der Waals surface area (Å²) < 4.78 is 28.3. The van der Waals surface area contributed by atoms with Gasteiger partial charge in [0.25, 0.3) is 5.92 Å². The summed E-state index contributed by atoms with van der Waals surface area (Å²) in [7, 11) is 0. The number of rotatable bonds is 4. The van der Waals surface area contributed by atoms with Crippen LogP contribution in [0.2, 0.25) is 0 Å². The first-order chi connectivity index (χ1) is 8.99. The Balaban J connectivity index is 2.18. The Morgan fingerprint density at radius 3 is 2.79 bits per heavy atom. The largest absolute Gasteiger partial charge is 0.316 e. The third kappa shape index (κ3) is 3.75. The van der Waals surface area contributed by atoms with E-state index in [1.165, 1.54) is 0 Å². The van der Waals surface area contributed by atoms with Crippen LogP contribution in [0, 0.1) is 5.92 Å². The van der Waals surface area contributed by atoms with Crippen LogP contribution in [0.15, 0.2) is 24.3 Å². The van der Waals surface area contributed by atoms with Crippen LogP contribution < -0.4 is 5.32 Å². The van der Waals surface area contributed by atoms with E-state index in [9.17, 15) is 8.78 Å². The lowest BCUT2D eigenvalue weighted by atomic mass is 9.89. The van der Waals surface area contributed by atoms with Crippen LogP contribution in [0.25, 0.3) is 0 Å². The maximum Gasteiger partial charge on any atom is 0.273 e. The van der Waals surface area contributed by atoms with Gasteiger partial charge in [0.1, 0.15) is 0 Å². The fraction of sp³-hybridized carbons (Fsp3) is 0.625. The zero-order valence-corrected chi connectivity index (χ0v) is 11.8. The number of nitrogens with one attached hydrogen (secondary N) is 1. The lowest BCUT2D eigenvalue weighted by molar-refractivity contribution is -0.0250. The Morgan fingerprint density at radius 1 is 1.37 bits per heavy atom. The zero-order valence-electron chi connectivity index (χ0n) is 11.8. The SMILES string of the molecule is CC(C)CC(F)(F)c1cccc(C2CCCNC2)c1. The maximum absolute atomic E-state index is 14.1. The third-order valence-corrected chi connectivity index (χ3v) is 3.74. The second kappa shape index (κ2) is 6.00. The molecule has 1 aliphatic rings. The molecule has 19 heavy (non-hydrogen) atoms. The summed E-state index contributed by atoms with van der Waals surface area (Å²) in [5.41, 5.74) is 1.22. The van der Waals surface area contributed by atoms with Gasteiger partial charge in [-0.3, -0.25) is 0 Å². The van der Waals surface area contributed by atoms with Gasteiger partial charge in [-0.2, -0.15) is 0 Å². The highest BCUT2D eigenvalue weighted by atomic mass is 19.3. The standard InChI is InChI=1S/C16H23F2N/c1-12(2)10-16(17,18)15-7-3-5-13(9-15)14-6-4-8-19-11-14/h3,5,7,9,12,14,19H,4,6,8,10-11H2,1-2H3. The molecule has 1 unspecified atom stereocenters. The van der Waals surface area contributed by atoms with Crippen LogP contribution in [0.1, 0.15) is 50.2 Å². The monoisotopic (exact) mass is 267 g/mol. The van der Waals surface area contributed by atoms with Crippen molar-refractivity contribution in [3.8, 4) is 0 Å². The first-order valence-corrected chi connectivity index (χ1v) is 7.18. The molecule has 0 saturated carbocycles. The Morgan fingerprint density at radius 2 is 2.16 bits per heavy atom. The molecule has 3 heteroatoms. The molecule has 0 amide bonds. The van der Waals surface area contributed by atoms with Crippen LogP contribution in [-0.4, -0.2) is 13.1 Å². The average molecular weight is 267 g/mol. The number of hydrogen-bond acceptors (Lipinski definition) is 1. The zero-order chi connectivity index (χ0) is 13.9. The Bertz CT molecular complexity index is 409. The summed E-state index contributed by atoms with van der Waals surface area (Å²) >= 11 is 0. The first-order valence-electron chi connectivity index (χ1n) is 7.18. The van der Waals surface area contributed by atoms with Crippen molar-refractivity contribution in [3.63, 3.8) is 0 Å². The molecule has 1 atom stereocenters. The van der Waals surface area contributed by atoms with E-state index in [0.29, 0.717) is 5.92 Å². The predicted octanol–water partition coefficient (Wildman–Crippen LogP) is 4.29. The normalized spacial score (nSPS) is 20.8. The lowest BCUT2D eigenvalue weighted by Gasteiger charge is -2.25. The minimum atomic E-state index is -2.72. The van der Waals surface area contributed by atoms with Gasteiger partial charge in [0.15, 0.2) is 0 Å². The molecule has 0 spiro atoms. The molecule has 1 aliphatic heterocycles. The van der Waals surface area contributed by atoms with E-state index >= 15 is 0 Å². The number of alkyl halides is 2. The fourth-order valence-corrected chi connectivity index (χ4v) is 2.79. The summed E-state index contributed by atoms with van der Waals surface area (Å²) in [6.45, 7) is 5.62. The lowest BCUT2D eigenvalue weighted by Crippen LogP contribution is -2.28. The molecule has 2 rings (SSSR count). The minimum absolute atomic E-state index is 0.00463. The van der Waals surface area contributed by atoms with Crippen LogP contribution in [0.4, 0.5) is 8.78 Å². The quantitative estimate of drug-likeness (QED) is 0.858. The van der Waals surface area contributed by atoms with Gasteiger partial charge in [-0.15, -0.1) is 0 Å². The molecule has 1 nitrogen and oxygen atoms in total. The summed E-state index contributed by atoms with van der Waals surface area (Å²) in [5.74, 6) is -2.34. The van der Waals surface area contributed by atoms with E-state index in [2.05, 4.69) is 5.32 Å². The van der Waals surface area contributed by atoms with Crippen molar-refractivity contribution in [2.24, 2.45) is 5.92 Å². The van der Waals surface area contributed by atoms with Gasteiger partial charge in [-0.05, 0) is 42.9 Å². The molecule has 1 heterocycles. The Hall–Kier alpha value is -0.960. The van der Waals surface area contributed by atoms with Gasteiger partial charge >= 0.3 is 0 Å². The van der Waals surface area contributed by atoms with Crippen molar-refractivity contribution in [1.82, 2.24) is 5.32 Å². The van der Waals surface area contributed by atoms with Crippen molar-refractivity contribution in [2.75, 3.05) is 13.1 Å². The molecule has 0 bridgehead atoms. The average Bonchev–Trinajstić information content (AvgIpc) is 2.38. The summed E-state index contributed by atoms with van der Waals surface area (Å²) in [6, 6.07) is 7.02. The van der Waals surface area contributed by atoms with Crippen LogP contribution in [0.5, 0.6) is 0 Å². The van der Waals surface area contributed by atoms with E-state index in [-0.39, 0.29) is 17.9 Å². The van der Waals surface area contributed by atoms with E-state index in [0.717, 1.165) is 31.5 Å².